The molecule has 0 saturated heterocycles. The molecule has 0 rings (SSSR count). The maximum atomic E-state index is 12.5. The Morgan fingerprint density at radius 2 is 0.733 bits per heavy atom. The fraction of sp³-hybridized carbons (Fsp3) is 0.870. The molecule has 0 heterocycles. The van der Waals surface area contributed by atoms with Crippen LogP contribution >= 0.6 is 0 Å². The Morgan fingerprint density at radius 3 is 1.07 bits per heavy atom. The van der Waals surface area contributed by atoms with Crippen LogP contribution < -0.4 is 5.32 Å². The fourth-order valence-corrected chi connectivity index (χ4v) is 8.21. The van der Waals surface area contributed by atoms with Crippen LogP contribution in [-0.4, -0.2) is 57.3 Å². The van der Waals surface area contributed by atoms with Crippen molar-refractivity contribution < 1.29 is 25.2 Å². The van der Waals surface area contributed by atoms with Gasteiger partial charge in [0.05, 0.1) is 18.8 Å². The van der Waals surface area contributed by atoms with Gasteiger partial charge < -0.3 is 25.7 Å². The lowest BCUT2D eigenvalue weighted by Crippen LogP contribution is -2.53. The molecule has 0 aliphatic heterocycles. The minimum Gasteiger partial charge on any atom is -0.394 e. The van der Waals surface area contributed by atoms with Crippen molar-refractivity contribution in [2.75, 3.05) is 6.61 Å². The van der Waals surface area contributed by atoms with Crippen molar-refractivity contribution in [2.45, 2.75) is 295 Å². The van der Waals surface area contributed by atoms with Crippen LogP contribution in [0.2, 0.25) is 0 Å². The van der Waals surface area contributed by atoms with Crippen LogP contribution in [-0.2, 0) is 4.79 Å². The molecule has 6 nitrogen and oxygen atoms in total. The molecule has 0 fully saturated rings. The van der Waals surface area contributed by atoms with Gasteiger partial charge in [0, 0.05) is 0 Å². The van der Waals surface area contributed by atoms with E-state index in [1.54, 1.807) is 0 Å². The number of carbonyl (C=O) groups excluding carboxylic acids is 1. The average molecular weight is 846 g/mol. The highest BCUT2D eigenvalue weighted by molar-refractivity contribution is 5.80. The maximum absolute atomic E-state index is 12.5. The predicted octanol–water partition coefficient (Wildman–Crippen LogP) is 14.9. The lowest BCUT2D eigenvalue weighted by molar-refractivity contribution is -0.132. The average Bonchev–Trinajstić information content (AvgIpc) is 3.25. The second kappa shape index (κ2) is 48.6. The van der Waals surface area contributed by atoms with E-state index < -0.39 is 36.9 Å². The number of hydrogen-bond acceptors (Lipinski definition) is 5. The third-order valence-electron chi connectivity index (χ3n) is 12.3. The van der Waals surface area contributed by atoms with Crippen LogP contribution in [0.5, 0.6) is 0 Å². The van der Waals surface area contributed by atoms with E-state index in [4.69, 9.17) is 0 Å². The van der Waals surface area contributed by atoms with Crippen molar-refractivity contribution in [2.24, 2.45) is 0 Å². The molecule has 354 valence electrons. The van der Waals surface area contributed by atoms with E-state index in [1.165, 1.54) is 180 Å². The second-order valence-corrected chi connectivity index (χ2v) is 18.2. The number of hydrogen-bond donors (Lipinski definition) is 5. The molecule has 0 aliphatic rings. The summed E-state index contributed by atoms with van der Waals surface area (Å²) in [6.45, 7) is 3.94. The Bertz CT molecular complexity index is 950. The number of rotatable bonds is 48. The molecule has 0 bridgehead atoms. The molecule has 60 heavy (non-hydrogen) atoms. The first-order chi connectivity index (χ1) is 29.5. The highest BCUT2D eigenvalue weighted by Crippen LogP contribution is 2.18. The van der Waals surface area contributed by atoms with Crippen LogP contribution in [0.3, 0.4) is 0 Å². The first kappa shape index (κ1) is 58.5. The van der Waals surface area contributed by atoms with Crippen LogP contribution in [0.15, 0.2) is 36.5 Å². The van der Waals surface area contributed by atoms with Crippen LogP contribution in [0.1, 0.15) is 271 Å². The van der Waals surface area contributed by atoms with Gasteiger partial charge in [0.2, 0.25) is 5.91 Å². The summed E-state index contributed by atoms with van der Waals surface area (Å²) in [6, 6.07) is -1.01. The molecule has 4 unspecified atom stereocenters. The van der Waals surface area contributed by atoms with Gasteiger partial charge >= 0.3 is 0 Å². The fourth-order valence-electron chi connectivity index (χ4n) is 8.21. The molecule has 6 heteroatoms. The zero-order chi connectivity index (χ0) is 43.8. The highest BCUT2D eigenvalue weighted by atomic mass is 16.3. The number of allylic oxidation sites excluding steroid dienone is 6. The van der Waals surface area contributed by atoms with Crippen molar-refractivity contribution in [1.82, 2.24) is 5.32 Å². The minimum absolute atomic E-state index is 0.362. The Kier molecular flexibility index (Phi) is 47.4. The lowest BCUT2D eigenvalue weighted by atomic mass is 10.00. The summed E-state index contributed by atoms with van der Waals surface area (Å²) in [5.74, 6) is -0.597. The largest absolute Gasteiger partial charge is 0.394 e. The van der Waals surface area contributed by atoms with Crippen molar-refractivity contribution in [3.8, 4) is 0 Å². The van der Waals surface area contributed by atoms with E-state index in [-0.39, 0.29) is 0 Å². The minimum atomic E-state index is -1.29. The molecular weight excluding hydrogens is 743 g/mol. The Morgan fingerprint density at radius 1 is 0.417 bits per heavy atom. The summed E-state index contributed by atoms with van der Waals surface area (Å²) in [5, 5.41) is 43.7. The first-order valence-electron chi connectivity index (χ1n) is 26.4. The quantitative estimate of drug-likeness (QED) is 0.0309. The topological polar surface area (TPSA) is 110 Å². The van der Waals surface area contributed by atoms with E-state index in [1.807, 2.05) is 0 Å². The molecular formula is C54H103NO5. The molecule has 0 spiro atoms. The third-order valence-corrected chi connectivity index (χ3v) is 12.3. The molecule has 0 saturated carbocycles. The van der Waals surface area contributed by atoms with Crippen molar-refractivity contribution in [1.29, 1.82) is 0 Å². The van der Waals surface area contributed by atoms with Gasteiger partial charge in [0.15, 0.2) is 0 Å². The lowest BCUT2D eigenvalue weighted by Gasteiger charge is -2.27. The van der Waals surface area contributed by atoms with Crippen molar-refractivity contribution >= 4 is 5.91 Å². The third kappa shape index (κ3) is 41.9. The van der Waals surface area contributed by atoms with Gasteiger partial charge in [-0.25, -0.2) is 0 Å². The Balaban J connectivity index is 3.57. The van der Waals surface area contributed by atoms with Crippen LogP contribution in [0.25, 0.3) is 0 Å². The second-order valence-electron chi connectivity index (χ2n) is 18.2. The van der Waals surface area contributed by atoms with Gasteiger partial charge in [0.1, 0.15) is 12.2 Å². The molecule has 0 radical (unpaired) electrons. The predicted molar refractivity (Wildman–Crippen MR) is 260 cm³/mol. The summed E-state index contributed by atoms with van der Waals surface area (Å²) in [4.78, 5) is 12.5. The molecule has 1 amide bonds. The summed E-state index contributed by atoms with van der Waals surface area (Å²) < 4.78 is 0. The summed E-state index contributed by atoms with van der Waals surface area (Å²) >= 11 is 0. The number of nitrogens with one attached hydrogen (secondary N) is 1. The Labute approximate surface area is 373 Å². The van der Waals surface area contributed by atoms with Gasteiger partial charge in [-0.05, 0) is 57.8 Å². The molecule has 5 N–H and O–H groups in total. The highest BCUT2D eigenvalue weighted by Gasteiger charge is 2.28. The zero-order valence-electron chi connectivity index (χ0n) is 40.0. The molecule has 4 atom stereocenters. The van der Waals surface area contributed by atoms with Gasteiger partial charge in [0.25, 0.3) is 0 Å². The standard InChI is InChI=1S/C54H103NO5/c1-3-5-7-9-11-13-15-17-18-19-20-21-22-23-24-25-26-27-28-29-30-31-32-33-34-36-38-40-42-44-46-48-52(58)54(60)55-50(49-56)53(59)51(57)47-45-43-41-39-37-35-16-14-12-10-8-6-4-2/h6,8,14,16,39,41,50-53,56-59H,3-5,7,9-13,15,17-38,40,42-49H2,1-2H3,(H,55,60)/b8-6+,16-14+,41-39+. The number of aliphatic hydroxyl groups is 4. The number of aliphatic hydroxyl groups excluding tert-OH is 4. The molecule has 0 aliphatic carbocycles. The molecule has 0 aromatic rings. The van der Waals surface area contributed by atoms with E-state index in [0.29, 0.717) is 19.3 Å². The Hall–Kier alpha value is -1.47. The number of carbonyl (C=O) groups is 1. The summed E-state index contributed by atoms with van der Waals surface area (Å²) in [6.07, 6.45) is 59.4. The summed E-state index contributed by atoms with van der Waals surface area (Å²) in [7, 11) is 0. The summed E-state index contributed by atoms with van der Waals surface area (Å²) in [5.41, 5.74) is 0. The first-order valence-corrected chi connectivity index (χ1v) is 26.4. The number of unbranched alkanes of at least 4 members (excludes halogenated alkanes) is 33. The van der Waals surface area contributed by atoms with Crippen molar-refractivity contribution in [3.63, 3.8) is 0 Å². The number of amides is 1. The SMILES string of the molecule is CC/C=C/CC/C=C/CC/C=C/CCCC(O)C(O)C(CO)NC(=O)C(O)CCCCCCCCCCCCCCCCCCCCCCCCCCCCCCCCC. The normalized spacial score (nSPS) is 14.2. The van der Waals surface area contributed by atoms with Gasteiger partial charge in [-0.3, -0.25) is 4.79 Å². The van der Waals surface area contributed by atoms with Gasteiger partial charge in [-0.2, -0.15) is 0 Å². The van der Waals surface area contributed by atoms with Crippen LogP contribution in [0, 0.1) is 0 Å². The smallest absolute Gasteiger partial charge is 0.249 e. The van der Waals surface area contributed by atoms with Gasteiger partial charge in [-0.15, -0.1) is 0 Å². The van der Waals surface area contributed by atoms with E-state index in [0.717, 1.165) is 57.8 Å². The zero-order valence-corrected chi connectivity index (χ0v) is 40.0. The van der Waals surface area contributed by atoms with Gasteiger partial charge in [-0.1, -0.05) is 249 Å². The maximum Gasteiger partial charge on any atom is 0.249 e. The van der Waals surface area contributed by atoms with E-state index >= 15 is 0 Å². The van der Waals surface area contributed by atoms with E-state index in [9.17, 15) is 25.2 Å². The van der Waals surface area contributed by atoms with E-state index in [2.05, 4.69) is 55.6 Å². The monoisotopic (exact) mass is 846 g/mol. The van der Waals surface area contributed by atoms with Crippen molar-refractivity contribution in [3.05, 3.63) is 36.5 Å². The molecule has 0 aromatic carbocycles. The molecule has 0 aromatic heterocycles. The van der Waals surface area contributed by atoms with Crippen LogP contribution in [0.4, 0.5) is 0 Å².